The minimum atomic E-state index is -0.185. The van der Waals surface area contributed by atoms with Crippen LogP contribution in [0.1, 0.15) is 18.4 Å². The molecule has 18 heavy (non-hydrogen) atoms. The third kappa shape index (κ3) is 3.02. The van der Waals surface area contributed by atoms with Crippen molar-refractivity contribution in [2.45, 2.75) is 12.8 Å². The Kier molecular flexibility index (Phi) is 3.85. The first kappa shape index (κ1) is 12.5. The Hall–Kier alpha value is -1.99. The lowest BCUT2D eigenvalue weighted by Crippen LogP contribution is -2.14. The summed E-state index contributed by atoms with van der Waals surface area (Å²) in [6, 6.07) is 5.29. The second-order valence-corrected chi connectivity index (χ2v) is 4.14. The monoisotopic (exact) mass is 245 g/mol. The average Bonchev–Trinajstić information content (AvgIpc) is 3.20. The van der Waals surface area contributed by atoms with E-state index in [0.29, 0.717) is 11.4 Å². The second kappa shape index (κ2) is 5.56. The standard InChI is InChI=1S/C14H15NO3/c1-18-13-7-4-10(3-2-8-16)9-12(13)15-14(17)11-5-6-11/h4,7,9,11,16H,5-6,8H2,1H3,(H,15,17). The first-order valence-electron chi connectivity index (χ1n) is 5.83. The van der Waals surface area contributed by atoms with Gasteiger partial charge in [0, 0.05) is 11.5 Å². The van der Waals surface area contributed by atoms with E-state index in [1.807, 2.05) is 0 Å². The van der Waals surface area contributed by atoms with Crippen LogP contribution < -0.4 is 10.1 Å². The van der Waals surface area contributed by atoms with Gasteiger partial charge in [0.05, 0.1) is 12.8 Å². The van der Waals surface area contributed by atoms with Gasteiger partial charge in [-0.25, -0.2) is 0 Å². The molecule has 1 aromatic carbocycles. The Morgan fingerprint density at radius 1 is 1.56 bits per heavy atom. The fraction of sp³-hybridized carbons (Fsp3) is 0.357. The molecule has 94 valence electrons. The van der Waals surface area contributed by atoms with Gasteiger partial charge in [-0.3, -0.25) is 4.79 Å². The van der Waals surface area contributed by atoms with E-state index in [1.165, 1.54) is 0 Å². The SMILES string of the molecule is COc1ccc(C#CCO)cc1NC(=O)C1CC1. The molecule has 2 rings (SSSR count). The van der Waals surface area contributed by atoms with Gasteiger partial charge >= 0.3 is 0 Å². The molecular formula is C14H15NO3. The van der Waals surface area contributed by atoms with Crippen LogP contribution in [0.3, 0.4) is 0 Å². The Balaban J connectivity index is 2.21. The molecule has 1 aromatic rings. The largest absolute Gasteiger partial charge is 0.495 e. The van der Waals surface area contributed by atoms with Crippen molar-refractivity contribution in [1.82, 2.24) is 0 Å². The maximum absolute atomic E-state index is 11.7. The van der Waals surface area contributed by atoms with Gasteiger partial charge in [-0.1, -0.05) is 11.8 Å². The van der Waals surface area contributed by atoms with Crippen molar-refractivity contribution in [3.05, 3.63) is 23.8 Å². The number of rotatable bonds is 3. The van der Waals surface area contributed by atoms with Crippen molar-refractivity contribution in [2.24, 2.45) is 5.92 Å². The zero-order chi connectivity index (χ0) is 13.0. The number of nitrogens with one attached hydrogen (secondary N) is 1. The van der Waals surface area contributed by atoms with Crippen molar-refractivity contribution in [1.29, 1.82) is 0 Å². The first-order valence-corrected chi connectivity index (χ1v) is 5.83. The molecule has 1 saturated carbocycles. The number of hydrogen-bond donors (Lipinski definition) is 2. The van der Waals surface area contributed by atoms with Gasteiger partial charge < -0.3 is 15.2 Å². The van der Waals surface area contributed by atoms with E-state index in [2.05, 4.69) is 17.2 Å². The summed E-state index contributed by atoms with van der Waals surface area (Å²) >= 11 is 0. The number of amides is 1. The Morgan fingerprint density at radius 3 is 2.94 bits per heavy atom. The number of carbonyl (C=O) groups is 1. The van der Waals surface area contributed by atoms with E-state index in [4.69, 9.17) is 9.84 Å². The highest BCUT2D eigenvalue weighted by Gasteiger charge is 2.30. The van der Waals surface area contributed by atoms with Crippen molar-refractivity contribution >= 4 is 11.6 Å². The summed E-state index contributed by atoms with van der Waals surface area (Å²) in [5.41, 5.74) is 1.36. The predicted molar refractivity (Wildman–Crippen MR) is 68.3 cm³/mol. The van der Waals surface area contributed by atoms with E-state index < -0.39 is 0 Å². The topological polar surface area (TPSA) is 58.6 Å². The molecule has 0 aliphatic heterocycles. The summed E-state index contributed by atoms with van der Waals surface area (Å²) in [5, 5.41) is 11.5. The second-order valence-electron chi connectivity index (χ2n) is 4.14. The highest BCUT2D eigenvalue weighted by molar-refractivity contribution is 5.95. The molecule has 4 heteroatoms. The smallest absolute Gasteiger partial charge is 0.227 e. The van der Waals surface area contributed by atoms with Crippen LogP contribution in [0.2, 0.25) is 0 Å². The van der Waals surface area contributed by atoms with Crippen LogP contribution >= 0.6 is 0 Å². The number of aliphatic hydroxyl groups excluding tert-OH is 1. The maximum atomic E-state index is 11.7. The van der Waals surface area contributed by atoms with Crippen LogP contribution in [0.25, 0.3) is 0 Å². The molecule has 1 amide bonds. The molecule has 0 bridgehead atoms. The molecular weight excluding hydrogens is 230 g/mol. The van der Waals surface area contributed by atoms with Gasteiger partial charge in [0.1, 0.15) is 12.4 Å². The zero-order valence-electron chi connectivity index (χ0n) is 10.2. The summed E-state index contributed by atoms with van der Waals surface area (Å²) in [7, 11) is 1.56. The van der Waals surface area contributed by atoms with Crippen LogP contribution in [-0.4, -0.2) is 24.7 Å². The highest BCUT2D eigenvalue weighted by atomic mass is 16.5. The molecule has 0 unspecified atom stereocenters. The molecule has 0 heterocycles. The van der Waals surface area contributed by atoms with Crippen molar-refractivity contribution in [3.8, 4) is 17.6 Å². The number of benzene rings is 1. The number of aliphatic hydroxyl groups is 1. The van der Waals surface area contributed by atoms with Crippen LogP contribution in [-0.2, 0) is 4.79 Å². The predicted octanol–water partition coefficient (Wildman–Crippen LogP) is 1.39. The van der Waals surface area contributed by atoms with Gasteiger partial charge in [0.25, 0.3) is 0 Å². The van der Waals surface area contributed by atoms with E-state index in [-0.39, 0.29) is 18.4 Å². The van der Waals surface area contributed by atoms with Crippen LogP contribution in [0, 0.1) is 17.8 Å². The minimum Gasteiger partial charge on any atom is -0.495 e. The molecule has 0 saturated heterocycles. The van der Waals surface area contributed by atoms with Gasteiger partial charge in [0.2, 0.25) is 5.91 Å². The Labute approximate surface area is 106 Å². The number of ether oxygens (including phenoxy) is 1. The molecule has 1 fully saturated rings. The van der Waals surface area contributed by atoms with E-state index in [9.17, 15) is 4.79 Å². The number of hydrogen-bond acceptors (Lipinski definition) is 3. The maximum Gasteiger partial charge on any atom is 0.227 e. The summed E-state index contributed by atoms with van der Waals surface area (Å²) in [6.45, 7) is -0.185. The molecule has 4 nitrogen and oxygen atoms in total. The molecule has 0 aromatic heterocycles. The van der Waals surface area contributed by atoms with Gasteiger partial charge in [-0.2, -0.15) is 0 Å². The minimum absolute atomic E-state index is 0.0283. The van der Waals surface area contributed by atoms with Crippen molar-refractivity contribution in [2.75, 3.05) is 19.0 Å². The van der Waals surface area contributed by atoms with Crippen LogP contribution in [0.5, 0.6) is 5.75 Å². The van der Waals surface area contributed by atoms with Gasteiger partial charge in [-0.15, -0.1) is 0 Å². The number of anilines is 1. The van der Waals surface area contributed by atoms with Crippen LogP contribution in [0.4, 0.5) is 5.69 Å². The molecule has 0 spiro atoms. The molecule has 1 aliphatic rings. The van der Waals surface area contributed by atoms with Crippen molar-refractivity contribution in [3.63, 3.8) is 0 Å². The van der Waals surface area contributed by atoms with E-state index >= 15 is 0 Å². The Morgan fingerprint density at radius 2 is 2.33 bits per heavy atom. The molecule has 1 aliphatic carbocycles. The zero-order valence-corrected chi connectivity index (χ0v) is 10.2. The lowest BCUT2D eigenvalue weighted by atomic mass is 10.2. The quantitative estimate of drug-likeness (QED) is 0.791. The van der Waals surface area contributed by atoms with E-state index in [0.717, 1.165) is 18.4 Å². The first-order chi connectivity index (χ1) is 8.74. The molecule has 0 radical (unpaired) electrons. The van der Waals surface area contributed by atoms with Gasteiger partial charge in [-0.05, 0) is 31.0 Å². The summed E-state index contributed by atoms with van der Waals surface area (Å²) in [4.78, 5) is 11.7. The Bertz CT molecular complexity index is 510. The summed E-state index contributed by atoms with van der Waals surface area (Å²) in [5.74, 6) is 6.15. The van der Waals surface area contributed by atoms with Gasteiger partial charge in [0.15, 0.2) is 0 Å². The highest BCUT2D eigenvalue weighted by Crippen LogP contribution is 2.32. The summed E-state index contributed by atoms with van der Waals surface area (Å²) in [6.07, 6.45) is 1.91. The van der Waals surface area contributed by atoms with Crippen molar-refractivity contribution < 1.29 is 14.6 Å². The number of methoxy groups -OCH3 is 1. The fourth-order valence-corrected chi connectivity index (χ4v) is 1.61. The van der Waals surface area contributed by atoms with E-state index in [1.54, 1.807) is 25.3 Å². The molecule has 0 atom stereocenters. The third-order valence-corrected chi connectivity index (χ3v) is 2.72. The average molecular weight is 245 g/mol. The third-order valence-electron chi connectivity index (χ3n) is 2.72. The van der Waals surface area contributed by atoms with Crippen LogP contribution in [0.15, 0.2) is 18.2 Å². The molecule has 2 N–H and O–H groups in total. The fourth-order valence-electron chi connectivity index (χ4n) is 1.61. The lowest BCUT2D eigenvalue weighted by Gasteiger charge is -2.10. The lowest BCUT2D eigenvalue weighted by molar-refractivity contribution is -0.117. The summed E-state index contributed by atoms with van der Waals surface area (Å²) < 4.78 is 5.19. The normalized spacial score (nSPS) is 13.4. The number of carbonyl (C=O) groups excluding carboxylic acids is 1.